The van der Waals surface area contributed by atoms with Crippen molar-refractivity contribution in [1.82, 2.24) is 0 Å². The van der Waals surface area contributed by atoms with Crippen molar-refractivity contribution in [2.75, 3.05) is 0 Å². The summed E-state index contributed by atoms with van der Waals surface area (Å²) in [5.41, 5.74) is -0.619. The van der Waals surface area contributed by atoms with Gasteiger partial charge in [0.1, 0.15) is 17.5 Å². The quantitative estimate of drug-likeness (QED) is 0.601. The van der Waals surface area contributed by atoms with Gasteiger partial charge in [-0.25, -0.2) is 13.2 Å². The fraction of sp³-hybridized carbons (Fsp3) is 0.143. The summed E-state index contributed by atoms with van der Waals surface area (Å²) in [4.78, 5) is 0. The summed E-state index contributed by atoms with van der Waals surface area (Å²) < 4.78 is 37.0. The highest BCUT2D eigenvalue weighted by Crippen LogP contribution is 2.13. The molecule has 1 aromatic carbocycles. The second-order valence-corrected chi connectivity index (χ2v) is 1.99. The van der Waals surface area contributed by atoms with Crippen LogP contribution >= 0.6 is 0 Å². The average Bonchev–Trinajstić information content (AvgIpc) is 1.85. The Labute approximate surface area is 61.1 Å². The van der Waals surface area contributed by atoms with Crippen LogP contribution in [-0.2, 0) is 6.61 Å². The molecule has 0 aromatic heterocycles. The smallest absolute Gasteiger partial charge is 0.130 e. The van der Waals surface area contributed by atoms with Crippen LogP contribution in [-0.4, -0.2) is 0 Å². The molecule has 1 nitrogen and oxygen atoms in total. The van der Waals surface area contributed by atoms with Crippen molar-refractivity contribution in [2.24, 2.45) is 0 Å². The van der Waals surface area contributed by atoms with Gasteiger partial charge in [-0.15, -0.1) is 6.61 Å². The lowest BCUT2D eigenvalue weighted by Crippen LogP contribution is -2.08. The van der Waals surface area contributed by atoms with Gasteiger partial charge in [-0.1, -0.05) is 0 Å². The number of halogens is 3. The van der Waals surface area contributed by atoms with Crippen LogP contribution in [0.1, 0.15) is 5.56 Å². The minimum absolute atomic E-state index is 0.482. The fourth-order valence-electron chi connectivity index (χ4n) is 0.710. The second kappa shape index (κ2) is 2.92. The van der Waals surface area contributed by atoms with Crippen LogP contribution in [0.25, 0.3) is 0 Å². The van der Waals surface area contributed by atoms with E-state index in [4.69, 9.17) is 0 Å². The van der Waals surface area contributed by atoms with E-state index in [0.717, 1.165) is 0 Å². The molecule has 0 saturated carbocycles. The van der Waals surface area contributed by atoms with E-state index in [-0.39, 0.29) is 0 Å². The highest BCUT2D eigenvalue weighted by atomic mass is 19.1. The normalized spacial score (nSPS) is 10.2. The van der Waals surface area contributed by atoms with Gasteiger partial charge in [0.2, 0.25) is 0 Å². The van der Waals surface area contributed by atoms with Gasteiger partial charge in [-0.2, -0.15) is 0 Å². The molecule has 0 fully saturated rings. The van der Waals surface area contributed by atoms with Crippen molar-refractivity contribution in [3.05, 3.63) is 35.1 Å². The summed E-state index contributed by atoms with van der Waals surface area (Å²) >= 11 is 0. The predicted octanol–water partition coefficient (Wildman–Crippen LogP) is 0.964. The van der Waals surface area contributed by atoms with Gasteiger partial charge in [-0.05, 0) is 0 Å². The van der Waals surface area contributed by atoms with Crippen molar-refractivity contribution in [1.29, 1.82) is 0 Å². The Bertz CT molecular complexity index is 249. The van der Waals surface area contributed by atoms with Gasteiger partial charge >= 0.3 is 0 Å². The molecule has 0 saturated heterocycles. The first-order valence-electron chi connectivity index (χ1n) is 2.86. The van der Waals surface area contributed by atoms with Crippen molar-refractivity contribution < 1.29 is 18.3 Å². The van der Waals surface area contributed by atoms with E-state index in [1.54, 1.807) is 0 Å². The maximum Gasteiger partial charge on any atom is 0.130 e. The molecule has 0 radical (unpaired) electrons. The van der Waals surface area contributed by atoms with Crippen LogP contribution < -0.4 is 5.11 Å². The largest absolute Gasteiger partial charge is 0.851 e. The highest BCUT2D eigenvalue weighted by molar-refractivity contribution is 5.19. The van der Waals surface area contributed by atoms with E-state index in [2.05, 4.69) is 0 Å². The van der Waals surface area contributed by atoms with E-state index in [1.807, 2.05) is 0 Å². The van der Waals surface area contributed by atoms with Gasteiger partial charge in [-0.3, -0.25) is 0 Å². The molecule has 0 bridgehead atoms. The third-order valence-electron chi connectivity index (χ3n) is 1.25. The van der Waals surface area contributed by atoms with E-state index in [9.17, 15) is 18.3 Å². The van der Waals surface area contributed by atoms with Crippen molar-refractivity contribution in [3.63, 3.8) is 0 Å². The standard InChI is InChI=1S/C7H4F3O/c8-4-1-6(9)5(3-11)7(10)2-4/h1-2H,3H2/q-1. The highest BCUT2D eigenvalue weighted by Gasteiger charge is 2.06. The van der Waals surface area contributed by atoms with E-state index >= 15 is 0 Å². The van der Waals surface area contributed by atoms with Crippen LogP contribution in [0.2, 0.25) is 0 Å². The zero-order chi connectivity index (χ0) is 8.43. The van der Waals surface area contributed by atoms with Crippen LogP contribution in [0.5, 0.6) is 0 Å². The lowest BCUT2D eigenvalue weighted by molar-refractivity contribution is -0.387. The Morgan fingerprint density at radius 2 is 1.55 bits per heavy atom. The third-order valence-corrected chi connectivity index (χ3v) is 1.25. The molecule has 0 amide bonds. The van der Waals surface area contributed by atoms with Crippen LogP contribution in [0.15, 0.2) is 12.1 Å². The van der Waals surface area contributed by atoms with E-state index in [1.165, 1.54) is 0 Å². The monoisotopic (exact) mass is 161 g/mol. The van der Waals surface area contributed by atoms with Gasteiger partial charge in [0.05, 0.1) is 0 Å². The second-order valence-electron chi connectivity index (χ2n) is 1.99. The summed E-state index contributed by atoms with van der Waals surface area (Å²) in [5.74, 6) is -3.27. The molecule has 0 unspecified atom stereocenters. The molecule has 0 aliphatic rings. The molecule has 0 N–H and O–H groups in total. The molecular weight excluding hydrogens is 157 g/mol. The average molecular weight is 161 g/mol. The number of hydrogen-bond donors (Lipinski definition) is 0. The molecular formula is C7H4F3O-. The molecule has 0 heterocycles. The molecule has 1 rings (SSSR count). The fourth-order valence-corrected chi connectivity index (χ4v) is 0.710. The summed E-state index contributed by atoms with van der Waals surface area (Å²) in [5, 5.41) is 10.1. The minimum atomic E-state index is -1.13. The molecule has 1 aromatic rings. The molecule has 0 spiro atoms. The Balaban J connectivity index is 3.25. The Morgan fingerprint density at radius 1 is 1.09 bits per heavy atom. The van der Waals surface area contributed by atoms with Crippen molar-refractivity contribution >= 4 is 0 Å². The summed E-state index contributed by atoms with van der Waals surface area (Å²) in [6.07, 6.45) is 0. The van der Waals surface area contributed by atoms with Gasteiger partial charge < -0.3 is 5.11 Å². The molecule has 11 heavy (non-hydrogen) atoms. The number of rotatable bonds is 1. The van der Waals surface area contributed by atoms with Crippen molar-refractivity contribution in [3.8, 4) is 0 Å². The lowest BCUT2D eigenvalue weighted by Gasteiger charge is -2.06. The summed E-state index contributed by atoms with van der Waals surface area (Å²) in [6.45, 7) is -1.02. The number of hydrogen-bond acceptors (Lipinski definition) is 1. The topological polar surface area (TPSA) is 23.1 Å². The van der Waals surface area contributed by atoms with Gasteiger partial charge in [0.15, 0.2) is 0 Å². The lowest BCUT2D eigenvalue weighted by atomic mass is 10.2. The third kappa shape index (κ3) is 1.51. The van der Waals surface area contributed by atoms with Crippen molar-refractivity contribution in [2.45, 2.75) is 6.61 Å². The molecule has 4 heteroatoms. The van der Waals surface area contributed by atoms with Crippen LogP contribution in [0, 0.1) is 17.5 Å². The van der Waals surface area contributed by atoms with Crippen LogP contribution in [0.3, 0.4) is 0 Å². The van der Waals surface area contributed by atoms with Crippen LogP contribution in [0.4, 0.5) is 13.2 Å². The maximum atomic E-state index is 12.4. The van der Waals surface area contributed by atoms with Gasteiger partial charge in [0, 0.05) is 17.7 Å². The molecule has 0 atom stereocenters. The first-order chi connectivity index (χ1) is 5.15. The van der Waals surface area contributed by atoms with E-state index in [0.29, 0.717) is 12.1 Å². The molecule has 0 aliphatic carbocycles. The SMILES string of the molecule is [O-]Cc1c(F)cc(F)cc1F. The number of benzene rings is 1. The Hall–Kier alpha value is -1.03. The van der Waals surface area contributed by atoms with Gasteiger partial charge in [0.25, 0.3) is 0 Å². The van der Waals surface area contributed by atoms with E-state index < -0.39 is 29.6 Å². The summed E-state index contributed by atoms with van der Waals surface area (Å²) in [6, 6.07) is 0.965. The zero-order valence-electron chi connectivity index (χ0n) is 5.40. The maximum absolute atomic E-state index is 12.4. The zero-order valence-corrected chi connectivity index (χ0v) is 5.40. The predicted molar refractivity (Wildman–Crippen MR) is 30.0 cm³/mol. The summed E-state index contributed by atoms with van der Waals surface area (Å²) in [7, 11) is 0. The Kier molecular flexibility index (Phi) is 2.14. The molecule has 60 valence electrons. The molecule has 0 aliphatic heterocycles. The minimum Gasteiger partial charge on any atom is -0.851 e. The Morgan fingerprint density at radius 3 is 1.91 bits per heavy atom. The first kappa shape index (κ1) is 8.07. The first-order valence-corrected chi connectivity index (χ1v) is 2.86.